The smallest absolute Gasteiger partial charge is 0.0708 e. The Kier molecular flexibility index (Phi) is 2.82. The van der Waals surface area contributed by atoms with Crippen molar-refractivity contribution >= 4 is 12.8 Å². The molecule has 1 aliphatic heterocycles. The summed E-state index contributed by atoms with van der Waals surface area (Å²) in [6.45, 7) is 2.07. The molecule has 1 fully saturated rings. The Balaban J connectivity index is 2.23. The van der Waals surface area contributed by atoms with E-state index in [1.165, 1.54) is 12.8 Å². The minimum atomic E-state index is 0.413. The van der Waals surface area contributed by atoms with Crippen molar-refractivity contribution in [3.63, 3.8) is 0 Å². The summed E-state index contributed by atoms with van der Waals surface area (Å²) in [6.07, 6.45) is 2.81. The average molecular weight is 147 g/mol. The molecule has 0 aliphatic carbocycles. The van der Waals surface area contributed by atoms with Gasteiger partial charge in [-0.15, -0.1) is 0 Å². The maximum atomic E-state index is 5.17. The maximum Gasteiger partial charge on any atom is 0.0708 e. The summed E-state index contributed by atoms with van der Waals surface area (Å²) in [5.41, 5.74) is 0. The normalized spacial score (nSPS) is 30.7. The molecule has 0 saturated carbocycles. The number of methoxy groups -OCH3 is 1. The van der Waals surface area contributed by atoms with Gasteiger partial charge in [0.15, 0.2) is 0 Å². The molecule has 1 aliphatic rings. The van der Waals surface area contributed by atoms with Crippen molar-refractivity contribution in [3.05, 3.63) is 0 Å². The Morgan fingerprint density at radius 1 is 1.67 bits per heavy atom. The monoisotopic (exact) mass is 147 g/mol. The highest BCUT2D eigenvalue weighted by molar-refractivity contribution is 7.77. The summed E-state index contributed by atoms with van der Waals surface area (Å²) in [5, 5.41) is 0. The number of rotatable bonds is 1. The zero-order valence-corrected chi connectivity index (χ0v) is 6.60. The lowest BCUT2D eigenvalue weighted by Gasteiger charge is -2.27. The molecule has 0 spiro atoms. The van der Waals surface area contributed by atoms with E-state index in [1.54, 1.807) is 7.11 Å². The highest BCUT2D eigenvalue weighted by atomic mass is 32.1. The predicted molar refractivity (Wildman–Crippen MR) is 40.6 cm³/mol. The van der Waals surface area contributed by atoms with E-state index >= 15 is 0 Å². The average Bonchev–Trinajstić information content (AvgIpc) is 1.88. The van der Waals surface area contributed by atoms with E-state index < -0.39 is 0 Å². The molecule has 1 atom stereocenters. The van der Waals surface area contributed by atoms with Crippen molar-refractivity contribution in [2.75, 3.05) is 20.2 Å². The third-order valence-corrected chi connectivity index (χ3v) is 2.05. The van der Waals surface area contributed by atoms with Crippen molar-refractivity contribution in [1.82, 2.24) is 4.31 Å². The Hall–Kier alpha value is 0.270. The van der Waals surface area contributed by atoms with Gasteiger partial charge in [-0.2, -0.15) is 0 Å². The van der Waals surface area contributed by atoms with Crippen LogP contribution in [-0.2, 0) is 4.74 Å². The van der Waals surface area contributed by atoms with Crippen LogP contribution in [0.1, 0.15) is 12.8 Å². The lowest BCUT2D eigenvalue weighted by atomic mass is 10.1. The first-order chi connectivity index (χ1) is 4.33. The summed E-state index contributed by atoms with van der Waals surface area (Å²) in [6, 6.07) is 0. The van der Waals surface area contributed by atoms with Gasteiger partial charge in [-0.05, 0) is 12.8 Å². The van der Waals surface area contributed by atoms with Gasteiger partial charge in [0.05, 0.1) is 6.10 Å². The number of hydrogen-bond donors (Lipinski definition) is 1. The molecule has 54 valence electrons. The van der Waals surface area contributed by atoms with E-state index in [1.807, 2.05) is 4.31 Å². The first-order valence-electron chi connectivity index (χ1n) is 3.29. The number of piperidine rings is 1. The fourth-order valence-corrected chi connectivity index (χ4v) is 1.44. The van der Waals surface area contributed by atoms with Crippen LogP contribution in [0.15, 0.2) is 0 Å². The lowest BCUT2D eigenvalue weighted by molar-refractivity contribution is 0.0606. The molecule has 0 radical (unpaired) electrons. The number of thiol groups is 1. The number of hydrogen-bond acceptors (Lipinski definition) is 3. The number of ether oxygens (including phenoxy) is 1. The minimum absolute atomic E-state index is 0.413. The van der Waals surface area contributed by atoms with E-state index in [2.05, 4.69) is 12.8 Å². The second kappa shape index (κ2) is 3.44. The van der Waals surface area contributed by atoms with Crippen LogP contribution in [0.4, 0.5) is 0 Å². The zero-order valence-electron chi connectivity index (χ0n) is 5.71. The standard InChI is InChI=1S/C6H13NOS/c1-8-6-3-2-4-7(9)5-6/h6,9H,2-5H2,1H3/t6-/m0/s1. The molecule has 1 heterocycles. The van der Waals surface area contributed by atoms with Crippen molar-refractivity contribution in [3.8, 4) is 0 Å². The van der Waals surface area contributed by atoms with E-state index in [9.17, 15) is 0 Å². The quantitative estimate of drug-likeness (QED) is 0.554. The van der Waals surface area contributed by atoms with Crippen LogP contribution >= 0.6 is 12.8 Å². The summed E-state index contributed by atoms with van der Waals surface area (Å²) in [7, 11) is 1.76. The third-order valence-electron chi connectivity index (χ3n) is 1.69. The van der Waals surface area contributed by atoms with Gasteiger partial charge in [0.25, 0.3) is 0 Å². The van der Waals surface area contributed by atoms with E-state index in [0.717, 1.165) is 13.1 Å². The van der Waals surface area contributed by atoms with Crippen LogP contribution in [0.2, 0.25) is 0 Å². The van der Waals surface area contributed by atoms with Gasteiger partial charge in [-0.1, -0.05) is 12.8 Å². The van der Waals surface area contributed by atoms with Gasteiger partial charge in [0.2, 0.25) is 0 Å². The molecule has 0 aromatic carbocycles. The van der Waals surface area contributed by atoms with Gasteiger partial charge < -0.3 is 4.74 Å². The van der Waals surface area contributed by atoms with Gasteiger partial charge >= 0.3 is 0 Å². The molecule has 0 bridgehead atoms. The lowest BCUT2D eigenvalue weighted by Crippen LogP contribution is -2.33. The largest absolute Gasteiger partial charge is 0.380 e. The zero-order chi connectivity index (χ0) is 6.69. The van der Waals surface area contributed by atoms with Crippen LogP contribution < -0.4 is 0 Å². The molecular weight excluding hydrogens is 134 g/mol. The summed E-state index contributed by atoms with van der Waals surface area (Å²) < 4.78 is 7.18. The van der Waals surface area contributed by atoms with E-state index in [0.29, 0.717) is 6.10 Å². The maximum absolute atomic E-state index is 5.17. The molecule has 9 heavy (non-hydrogen) atoms. The van der Waals surface area contributed by atoms with Crippen molar-refractivity contribution in [1.29, 1.82) is 0 Å². The second-order valence-electron chi connectivity index (χ2n) is 2.41. The van der Waals surface area contributed by atoms with E-state index in [-0.39, 0.29) is 0 Å². The van der Waals surface area contributed by atoms with Crippen molar-refractivity contribution in [2.24, 2.45) is 0 Å². The Morgan fingerprint density at radius 2 is 2.44 bits per heavy atom. The molecule has 0 unspecified atom stereocenters. The predicted octanol–water partition coefficient (Wildman–Crippen LogP) is 0.942. The Bertz CT molecular complexity index is 89.1. The molecule has 1 rings (SSSR count). The molecule has 0 aromatic rings. The van der Waals surface area contributed by atoms with Gasteiger partial charge in [-0.25, -0.2) is 0 Å². The fraction of sp³-hybridized carbons (Fsp3) is 1.00. The van der Waals surface area contributed by atoms with Crippen LogP contribution in [0.25, 0.3) is 0 Å². The fourth-order valence-electron chi connectivity index (χ4n) is 1.11. The molecule has 0 N–H and O–H groups in total. The second-order valence-corrected chi connectivity index (χ2v) is 2.98. The highest BCUT2D eigenvalue weighted by Crippen LogP contribution is 2.12. The Labute approximate surface area is 61.7 Å². The first-order valence-corrected chi connectivity index (χ1v) is 3.69. The first kappa shape index (κ1) is 7.38. The Morgan fingerprint density at radius 3 is 2.89 bits per heavy atom. The summed E-state index contributed by atoms with van der Waals surface area (Å²) in [4.78, 5) is 0. The summed E-state index contributed by atoms with van der Waals surface area (Å²) >= 11 is 4.23. The van der Waals surface area contributed by atoms with Crippen LogP contribution in [0, 0.1) is 0 Å². The van der Waals surface area contributed by atoms with Crippen molar-refractivity contribution in [2.45, 2.75) is 18.9 Å². The SMILES string of the molecule is CO[C@H]1CCCN(S)C1. The number of nitrogens with zero attached hydrogens (tertiary/aromatic N) is 1. The molecule has 1 saturated heterocycles. The third kappa shape index (κ3) is 2.16. The summed E-state index contributed by atoms with van der Waals surface area (Å²) in [5.74, 6) is 0. The topological polar surface area (TPSA) is 12.5 Å². The van der Waals surface area contributed by atoms with Gasteiger partial charge in [0.1, 0.15) is 0 Å². The molecular formula is C6H13NOS. The van der Waals surface area contributed by atoms with Gasteiger partial charge in [-0.3, -0.25) is 4.31 Å². The van der Waals surface area contributed by atoms with Crippen LogP contribution in [0.3, 0.4) is 0 Å². The van der Waals surface area contributed by atoms with Crippen LogP contribution in [0.5, 0.6) is 0 Å². The molecule has 3 heteroatoms. The van der Waals surface area contributed by atoms with Crippen LogP contribution in [-0.4, -0.2) is 30.6 Å². The molecule has 0 aromatic heterocycles. The van der Waals surface area contributed by atoms with E-state index in [4.69, 9.17) is 4.74 Å². The van der Waals surface area contributed by atoms with Gasteiger partial charge in [0, 0.05) is 20.2 Å². The molecule has 0 amide bonds. The molecule has 2 nitrogen and oxygen atoms in total. The van der Waals surface area contributed by atoms with Crippen molar-refractivity contribution < 1.29 is 4.74 Å². The minimum Gasteiger partial charge on any atom is -0.380 e. The highest BCUT2D eigenvalue weighted by Gasteiger charge is 2.15.